The molecule has 9 heteroatoms. The predicted octanol–water partition coefficient (Wildman–Crippen LogP) is 2.25. The van der Waals surface area contributed by atoms with Crippen LogP contribution in [0.5, 0.6) is 0 Å². The molecule has 1 aliphatic carbocycles. The van der Waals surface area contributed by atoms with E-state index >= 15 is 0 Å². The zero-order valence-electron chi connectivity index (χ0n) is 17.9. The van der Waals surface area contributed by atoms with Crippen molar-refractivity contribution in [3.05, 3.63) is 51.3 Å². The van der Waals surface area contributed by atoms with Gasteiger partial charge in [0.15, 0.2) is 11.2 Å². The van der Waals surface area contributed by atoms with E-state index < -0.39 is 11.2 Å². The minimum Gasteiger partial charge on any atom is -0.467 e. The second kappa shape index (κ2) is 9.36. The maximum atomic E-state index is 13.3. The number of rotatable bonds is 8. The molecule has 0 radical (unpaired) electrons. The van der Waals surface area contributed by atoms with Crippen LogP contribution in [0, 0.1) is 0 Å². The van der Waals surface area contributed by atoms with Gasteiger partial charge in [0.05, 0.1) is 19.1 Å². The summed E-state index contributed by atoms with van der Waals surface area (Å²) < 4.78 is 9.62. The third-order valence-electron chi connectivity index (χ3n) is 5.90. The van der Waals surface area contributed by atoms with E-state index in [1.807, 2.05) is 13.0 Å². The predicted molar refractivity (Wildman–Crippen MR) is 116 cm³/mol. The molecule has 1 amide bonds. The molecular weight excluding hydrogens is 398 g/mol. The van der Waals surface area contributed by atoms with Crippen molar-refractivity contribution in [3.63, 3.8) is 0 Å². The maximum Gasteiger partial charge on any atom is 0.333 e. The summed E-state index contributed by atoms with van der Waals surface area (Å²) in [5.74, 6) is 0.371. The van der Waals surface area contributed by atoms with E-state index in [0.29, 0.717) is 30.0 Å². The number of aryl methyl sites for hydroxylation is 1. The molecule has 0 aromatic carbocycles. The molecule has 1 fully saturated rings. The summed E-state index contributed by atoms with van der Waals surface area (Å²) in [5, 5.41) is 2.99. The molecular formula is C22H29N5O4. The fourth-order valence-electron chi connectivity index (χ4n) is 4.25. The average Bonchev–Trinajstić information content (AvgIpc) is 3.42. The van der Waals surface area contributed by atoms with Gasteiger partial charge in [-0.05, 0) is 31.4 Å². The number of furan rings is 1. The number of imidazole rings is 1. The Labute approximate surface area is 179 Å². The standard InChI is InChI=1S/C22H29N5O4/c1-2-3-11-26-20-19(25(15-23-20)13-17-10-7-12-31-17)21(29)27(22(26)30)14-18(28)24-16-8-5-4-6-9-16/h7,10,12,15-16H,2-6,8-9,11,13-14H2,1H3,(H,24,28). The molecule has 0 spiro atoms. The van der Waals surface area contributed by atoms with Crippen molar-refractivity contribution in [2.45, 2.75) is 77.5 Å². The Balaban J connectivity index is 1.71. The Morgan fingerprint density at radius 3 is 2.74 bits per heavy atom. The molecule has 4 rings (SSSR count). The van der Waals surface area contributed by atoms with Gasteiger partial charge >= 0.3 is 5.69 Å². The van der Waals surface area contributed by atoms with Crippen molar-refractivity contribution in [1.29, 1.82) is 0 Å². The average molecular weight is 428 g/mol. The van der Waals surface area contributed by atoms with E-state index in [2.05, 4.69) is 10.3 Å². The van der Waals surface area contributed by atoms with Gasteiger partial charge < -0.3 is 14.3 Å². The Morgan fingerprint density at radius 1 is 1.23 bits per heavy atom. The number of fused-ring (bicyclic) bond motifs is 1. The highest BCUT2D eigenvalue weighted by atomic mass is 16.3. The SMILES string of the molecule is CCCCn1c(=O)n(CC(=O)NC2CCCCC2)c(=O)c2c1ncn2Cc1ccco1. The van der Waals surface area contributed by atoms with E-state index in [1.54, 1.807) is 23.2 Å². The lowest BCUT2D eigenvalue weighted by atomic mass is 9.95. The zero-order chi connectivity index (χ0) is 21.8. The molecule has 1 N–H and O–H groups in total. The molecule has 0 atom stereocenters. The molecule has 9 nitrogen and oxygen atoms in total. The van der Waals surface area contributed by atoms with E-state index in [4.69, 9.17) is 4.42 Å². The highest BCUT2D eigenvalue weighted by molar-refractivity contribution is 5.77. The molecule has 1 aliphatic rings. The monoisotopic (exact) mass is 427 g/mol. The zero-order valence-corrected chi connectivity index (χ0v) is 17.9. The first kappa shape index (κ1) is 21.1. The molecule has 31 heavy (non-hydrogen) atoms. The highest BCUT2D eigenvalue weighted by Gasteiger charge is 2.21. The van der Waals surface area contributed by atoms with Crippen LogP contribution in [0.3, 0.4) is 0 Å². The molecule has 0 saturated heterocycles. The van der Waals surface area contributed by atoms with Crippen molar-refractivity contribution in [2.24, 2.45) is 0 Å². The highest BCUT2D eigenvalue weighted by Crippen LogP contribution is 2.17. The molecule has 0 unspecified atom stereocenters. The molecule has 3 aromatic rings. The summed E-state index contributed by atoms with van der Waals surface area (Å²) in [5.41, 5.74) is -0.347. The maximum absolute atomic E-state index is 13.3. The van der Waals surface area contributed by atoms with Crippen LogP contribution in [-0.4, -0.2) is 30.6 Å². The van der Waals surface area contributed by atoms with Crippen LogP contribution in [-0.2, 0) is 24.4 Å². The van der Waals surface area contributed by atoms with Gasteiger partial charge in [0.2, 0.25) is 5.91 Å². The number of aromatic nitrogens is 4. The molecule has 3 heterocycles. The van der Waals surface area contributed by atoms with Crippen LogP contribution in [0.4, 0.5) is 0 Å². The van der Waals surface area contributed by atoms with Gasteiger partial charge in [0.1, 0.15) is 12.3 Å². The Hall–Kier alpha value is -3.10. The Bertz CT molecular complexity index is 1150. The van der Waals surface area contributed by atoms with Crippen LogP contribution < -0.4 is 16.6 Å². The normalized spacial score (nSPS) is 14.9. The van der Waals surface area contributed by atoms with E-state index in [9.17, 15) is 14.4 Å². The fraction of sp³-hybridized carbons (Fsp3) is 0.545. The van der Waals surface area contributed by atoms with Gasteiger partial charge in [-0.3, -0.25) is 14.2 Å². The summed E-state index contributed by atoms with van der Waals surface area (Å²) in [6, 6.07) is 3.71. The lowest BCUT2D eigenvalue weighted by Gasteiger charge is -2.23. The minimum absolute atomic E-state index is 0.118. The first-order chi connectivity index (χ1) is 15.1. The lowest BCUT2D eigenvalue weighted by Crippen LogP contribution is -2.46. The largest absolute Gasteiger partial charge is 0.467 e. The number of unbranched alkanes of at least 4 members (excludes halogenated alkanes) is 1. The second-order valence-corrected chi connectivity index (χ2v) is 8.21. The summed E-state index contributed by atoms with van der Waals surface area (Å²) in [6.45, 7) is 2.50. The fourth-order valence-corrected chi connectivity index (χ4v) is 4.25. The van der Waals surface area contributed by atoms with Crippen molar-refractivity contribution in [2.75, 3.05) is 0 Å². The third kappa shape index (κ3) is 4.50. The summed E-state index contributed by atoms with van der Waals surface area (Å²) in [7, 11) is 0. The lowest BCUT2D eigenvalue weighted by molar-refractivity contribution is -0.122. The first-order valence-corrected chi connectivity index (χ1v) is 11.1. The van der Waals surface area contributed by atoms with Gasteiger partial charge in [0.25, 0.3) is 5.56 Å². The molecule has 1 saturated carbocycles. The van der Waals surface area contributed by atoms with E-state index in [0.717, 1.165) is 43.1 Å². The second-order valence-electron chi connectivity index (χ2n) is 8.21. The molecule has 166 valence electrons. The van der Waals surface area contributed by atoms with Crippen LogP contribution in [0.1, 0.15) is 57.6 Å². The topological polar surface area (TPSA) is 104 Å². The van der Waals surface area contributed by atoms with Gasteiger partial charge in [-0.15, -0.1) is 0 Å². The summed E-state index contributed by atoms with van der Waals surface area (Å²) in [4.78, 5) is 43.5. The van der Waals surface area contributed by atoms with Crippen LogP contribution >= 0.6 is 0 Å². The number of nitrogens with one attached hydrogen (secondary N) is 1. The van der Waals surface area contributed by atoms with E-state index in [-0.39, 0.29) is 18.5 Å². The van der Waals surface area contributed by atoms with Gasteiger partial charge in [-0.2, -0.15) is 0 Å². The Kier molecular flexibility index (Phi) is 6.39. The number of carbonyl (C=O) groups excluding carboxylic acids is 1. The van der Waals surface area contributed by atoms with Crippen molar-refractivity contribution in [1.82, 2.24) is 24.0 Å². The number of hydrogen-bond donors (Lipinski definition) is 1. The molecule has 0 bridgehead atoms. The van der Waals surface area contributed by atoms with Gasteiger partial charge in [-0.1, -0.05) is 32.6 Å². The third-order valence-corrected chi connectivity index (χ3v) is 5.90. The summed E-state index contributed by atoms with van der Waals surface area (Å²) in [6.07, 6.45) is 10.0. The van der Waals surface area contributed by atoms with Gasteiger partial charge in [-0.25, -0.2) is 14.3 Å². The minimum atomic E-state index is -0.504. The molecule has 3 aromatic heterocycles. The van der Waals surface area contributed by atoms with Crippen molar-refractivity contribution < 1.29 is 9.21 Å². The number of nitrogens with zero attached hydrogens (tertiary/aromatic N) is 4. The van der Waals surface area contributed by atoms with Gasteiger partial charge in [0, 0.05) is 12.6 Å². The quantitative estimate of drug-likeness (QED) is 0.594. The van der Waals surface area contributed by atoms with E-state index in [1.165, 1.54) is 11.0 Å². The van der Waals surface area contributed by atoms with Crippen LogP contribution in [0.2, 0.25) is 0 Å². The number of carbonyl (C=O) groups is 1. The number of amides is 1. The Morgan fingerprint density at radius 2 is 2.03 bits per heavy atom. The van der Waals surface area contributed by atoms with Crippen molar-refractivity contribution in [3.8, 4) is 0 Å². The number of hydrogen-bond acceptors (Lipinski definition) is 5. The van der Waals surface area contributed by atoms with Crippen molar-refractivity contribution >= 4 is 17.1 Å². The van der Waals surface area contributed by atoms with Crippen LogP contribution in [0.15, 0.2) is 38.7 Å². The molecule has 0 aliphatic heterocycles. The van der Waals surface area contributed by atoms with Crippen LogP contribution in [0.25, 0.3) is 11.2 Å². The first-order valence-electron chi connectivity index (χ1n) is 11.1. The smallest absolute Gasteiger partial charge is 0.333 e. The summed E-state index contributed by atoms with van der Waals surface area (Å²) >= 11 is 0.